The van der Waals surface area contributed by atoms with Crippen molar-refractivity contribution in [2.75, 3.05) is 11.5 Å². The number of nitrogens with one attached hydrogen (secondary N) is 5. The van der Waals surface area contributed by atoms with Gasteiger partial charge in [0.25, 0.3) is 0 Å². The quantitative estimate of drug-likeness (QED) is 0.134. The number of carbonyl (C=O) groups is 7. The molecule has 11 N–H and O–H groups in total. The Labute approximate surface area is 292 Å². The van der Waals surface area contributed by atoms with Crippen LogP contribution in [0.5, 0.6) is 5.75 Å². The molecule has 1 saturated heterocycles. The van der Waals surface area contributed by atoms with Crippen LogP contribution in [0.3, 0.4) is 0 Å². The molecule has 1 aliphatic heterocycles. The number of rotatable bonds is 8. The highest BCUT2D eigenvalue weighted by molar-refractivity contribution is 8.00. The summed E-state index contributed by atoms with van der Waals surface area (Å²) in [6, 6.07) is 0.139. The Balaban J connectivity index is 2.01. The van der Waals surface area contributed by atoms with Gasteiger partial charge in [-0.3, -0.25) is 43.3 Å². The molecule has 2 fully saturated rings. The fourth-order valence-electron chi connectivity index (χ4n) is 5.61. The molecule has 4 atom stereocenters. The lowest BCUT2D eigenvalue weighted by atomic mass is 9.80. The maximum Gasteiger partial charge on any atom is 0.524 e. The summed E-state index contributed by atoms with van der Waals surface area (Å²) < 4.78 is 15.8. The maximum absolute atomic E-state index is 14.0. The lowest BCUT2D eigenvalue weighted by molar-refractivity contribution is -0.139. The topological polar surface area (TPSA) is 298 Å². The van der Waals surface area contributed by atoms with E-state index in [1.807, 2.05) is 0 Å². The minimum atomic E-state index is -4.83. The van der Waals surface area contributed by atoms with E-state index in [2.05, 4.69) is 31.1 Å². The van der Waals surface area contributed by atoms with E-state index in [0.29, 0.717) is 18.4 Å². The highest BCUT2D eigenvalue weighted by atomic mass is 32.2. The molecule has 0 aromatic heterocycles. The SMILES string of the molecule is CC(C)[C@@H]1NC(=O)[C@H](CC(N)=O)NC(=O)C2(CCCCC2)NC(=O)[C@H](Cc2ccc(OP(=O)(O)O)cc2)NC(=O)CSC[C@@H](C(N)=O)NC1=O. The Morgan fingerprint density at radius 2 is 1.56 bits per heavy atom. The van der Waals surface area contributed by atoms with Gasteiger partial charge >= 0.3 is 7.82 Å². The Bertz CT molecular complexity index is 1500. The number of phosphoric ester groups is 1. The largest absolute Gasteiger partial charge is 0.524 e. The van der Waals surface area contributed by atoms with Crippen molar-refractivity contribution < 1.29 is 52.4 Å². The average molecular weight is 742 g/mol. The molecular formula is C30H44N7O11PS. The Morgan fingerprint density at radius 1 is 0.920 bits per heavy atom. The van der Waals surface area contributed by atoms with Crippen molar-refractivity contribution in [3.8, 4) is 5.75 Å². The van der Waals surface area contributed by atoms with Crippen molar-refractivity contribution in [1.29, 1.82) is 0 Å². The standard InChI is InChI=1S/C30H44N7O11PS/c1-16(2)24-28(43)34-21(25(32)40)14-50-15-23(39)33-19(12-17-6-8-18(9-7-17)48-49(45,46)47)27(42)37-30(10-4-3-5-11-30)29(44)35-20(13-22(31)38)26(41)36-24/h6-9,16,19-21,24H,3-5,10-15H2,1-2H3,(H2,31,38)(H2,32,40)(H,33,39)(H,34,43)(H,35,44)(H,36,41)(H,37,42)(H2,45,46,47)/t19-,20-,21-,24-/m0/s1. The van der Waals surface area contributed by atoms with Crippen LogP contribution in [0.25, 0.3) is 0 Å². The number of amides is 7. The summed E-state index contributed by atoms with van der Waals surface area (Å²) in [5.41, 5.74) is 9.83. The van der Waals surface area contributed by atoms with Gasteiger partial charge in [-0.2, -0.15) is 0 Å². The van der Waals surface area contributed by atoms with Crippen LogP contribution in [0, 0.1) is 5.92 Å². The lowest BCUT2D eigenvalue weighted by Crippen LogP contribution is -2.66. The van der Waals surface area contributed by atoms with E-state index in [1.54, 1.807) is 13.8 Å². The van der Waals surface area contributed by atoms with Crippen molar-refractivity contribution >= 4 is 60.9 Å². The number of carbonyl (C=O) groups excluding carboxylic acids is 7. The lowest BCUT2D eigenvalue weighted by Gasteiger charge is -2.38. The Kier molecular flexibility index (Phi) is 14.2. The molecule has 3 rings (SSSR count). The molecule has 0 bridgehead atoms. The molecule has 0 radical (unpaired) electrons. The zero-order valence-electron chi connectivity index (χ0n) is 27.6. The monoisotopic (exact) mass is 741 g/mol. The Hall–Kier alpha value is -4.19. The summed E-state index contributed by atoms with van der Waals surface area (Å²) in [5, 5.41) is 13.0. The molecule has 0 unspecified atom stereocenters. The van der Waals surface area contributed by atoms with E-state index in [1.165, 1.54) is 24.3 Å². The number of nitrogens with two attached hydrogens (primary N) is 2. The fourth-order valence-corrected chi connectivity index (χ4v) is 6.88. The second kappa shape index (κ2) is 17.6. The Morgan fingerprint density at radius 3 is 2.12 bits per heavy atom. The first-order valence-electron chi connectivity index (χ1n) is 15.9. The summed E-state index contributed by atoms with van der Waals surface area (Å²) in [6.45, 7) is 3.26. The number of thioether (sulfide) groups is 1. The molecule has 7 amide bonds. The van der Waals surface area contributed by atoms with E-state index in [0.717, 1.165) is 18.2 Å². The van der Waals surface area contributed by atoms with Crippen LogP contribution in [0.15, 0.2) is 24.3 Å². The molecule has 1 saturated carbocycles. The van der Waals surface area contributed by atoms with Gasteiger partial charge in [-0.05, 0) is 36.5 Å². The van der Waals surface area contributed by atoms with Crippen molar-refractivity contribution in [3.05, 3.63) is 29.8 Å². The van der Waals surface area contributed by atoms with E-state index in [4.69, 9.17) is 21.3 Å². The van der Waals surface area contributed by atoms with E-state index in [9.17, 15) is 38.1 Å². The van der Waals surface area contributed by atoms with Crippen LogP contribution in [0.1, 0.15) is 57.9 Å². The van der Waals surface area contributed by atoms with Crippen LogP contribution in [0.2, 0.25) is 0 Å². The molecule has 1 aromatic carbocycles. The third-order valence-corrected chi connectivity index (χ3v) is 9.68. The average Bonchev–Trinajstić information content (AvgIpc) is 3.02. The first-order chi connectivity index (χ1) is 23.4. The van der Waals surface area contributed by atoms with Crippen molar-refractivity contribution in [1.82, 2.24) is 26.6 Å². The van der Waals surface area contributed by atoms with Crippen LogP contribution >= 0.6 is 19.6 Å². The van der Waals surface area contributed by atoms with Crippen molar-refractivity contribution in [2.45, 2.75) is 88.5 Å². The van der Waals surface area contributed by atoms with Gasteiger partial charge in [0, 0.05) is 12.2 Å². The van der Waals surface area contributed by atoms with Gasteiger partial charge in [0.15, 0.2) is 0 Å². The first kappa shape index (κ1) is 40.2. The molecule has 1 aliphatic carbocycles. The van der Waals surface area contributed by atoms with Gasteiger partial charge in [-0.1, -0.05) is 45.2 Å². The number of hydrogen-bond acceptors (Lipinski definition) is 10. The molecule has 1 heterocycles. The summed E-state index contributed by atoms with van der Waals surface area (Å²) >= 11 is 0.947. The van der Waals surface area contributed by atoms with Crippen LogP contribution < -0.4 is 42.6 Å². The molecule has 276 valence electrons. The molecule has 1 aromatic rings. The van der Waals surface area contributed by atoms with Crippen molar-refractivity contribution in [2.24, 2.45) is 17.4 Å². The molecule has 50 heavy (non-hydrogen) atoms. The van der Waals surface area contributed by atoms with E-state index in [-0.39, 0.29) is 36.5 Å². The number of phosphoric acid groups is 1. The second-order valence-electron chi connectivity index (χ2n) is 12.6. The summed E-state index contributed by atoms with van der Waals surface area (Å²) in [6.07, 6.45) is 1.41. The van der Waals surface area contributed by atoms with Crippen LogP contribution in [0.4, 0.5) is 0 Å². The summed E-state index contributed by atoms with van der Waals surface area (Å²) in [5.74, 6) is -6.67. The highest BCUT2D eigenvalue weighted by Crippen LogP contribution is 2.37. The fraction of sp³-hybridized carbons (Fsp3) is 0.567. The molecule has 1 spiro atoms. The van der Waals surface area contributed by atoms with Gasteiger partial charge in [0.2, 0.25) is 41.4 Å². The minimum Gasteiger partial charge on any atom is -0.404 e. The number of benzene rings is 1. The molecule has 2 aliphatic rings. The molecule has 18 nitrogen and oxygen atoms in total. The first-order valence-corrected chi connectivity index (χ1v) is 18.6. The number of hydrogen-bond donors (Lipinski definition) is 9. The predicted octanol–water partition coefficient (Wildman–Crippen LogP) is -1.78. The smallest absolute Gasteiger partial charge is 0.404 e. The highest BCUT2D eigenvalue weighted by Gasteiger charge is 2.44. The van der Waals surface area contributed by atoms with Crippen LogP contribution in [-0.2, 0) is 44.5 Å². The van der Waals surface area contributed by atoms with Gasteiger partial charge in [-0.25, -0.2) is 4.57 Å². The summed E-state index contributed by atoms with van der Waals surface area (Å²) in [4.78, 5) is 110. The van der Waals surface area contributed by atoms with Crippen molar-refractivity contribution in [3.63, 3.8) is 0 Å². The van der Waals surface area contributed by atoms with Gasteiger partial charge in [-0.15, -0.1) is 11.8 Å². The third-order valence-electron chi connectivity index (χ3n) is 8.20. The predicted molar refractivity (Wildman–Crippen MR) is 180 cm³/mol. The van der Waals surface area contributed by atoms with Gasteiger partial charge in [0.1, 0.15) is 35.5 Å². The second-order valence-corrected chi connectivity index (χ2v) is 14.8. The zero-order valence-corrected chi connectivity index (χ0v) is 29.3. The minimum absolute atomic E-state index is 0.126. The number of primary amides is 2. The van der Waals surface area contributed by atoms with Crippen LogP contribution in [-0.4, -0.2) is 92.3 Å². The summed E-state index contributed by atoms with van der Waals surface area (Å²) in [7, 11) is -4.83. The van der Waals surface area contributed by atoms with E-state index < -0.39 is 91.2 Å². The molecular weight excluding hydrogens is 697 g/mol. The van der Waals surface area contributed by atoms with Gasteiger partial charge in [0.05, 0.1) is 12.2 Å². The van der Waals surface area contributed by atoms with E-state index >= 15 is 0 Å². The zero-order chi connectivity index (χ0) is 37.2. The third kappa shape index (κ3) is 12.0. The van der Waals surface area contributed by atoms with Gasteiger partial charge < -0.3 is 42.6 Å². The molecule has 20 heteroatoms. The normalized spacial score (nSPS) is 24.5. The maximum atomic E-state index is 14.0.